The standard InChI is InChI=1S/C14H21NO2/c1-2-6-14(7-3-1)17-10-9-16-12-13-5-4-8-15-11-13/h1-3,6-7,13,15H,4-5,8-12H2. The lowest BCUT2D eigenvalue weighted by Gasteiger charge is -2.22. The highest BCUT2D eigenvalue weighted by atomic mass is 16.5. The third kappa shape index (κ3) is 4.75. The van der Waals surface area contributed by atoms with Gasteiger partial charge in [0.15, 0.2) is 0 Å². The molecule has 0 amide bonds. The molecule has 94 valence electrons. The van der Waals surface area contributed by atoms with Gasteiger partial charge in [-0.05, 0) is 37.4 Å². The fourth-order valence-electron chi connectivity index (χ4n) is 2.05. The predicted octanol–water partition coefficient (Wildman–Crippen LogP) is 2.08. The molecule has 1 N–H and O–H groups in total. The van der Waals surface area contributed by atoms with Crippen molar-refractivity contribution < 1.29 is 9.47 Å². The molecule has 0 saturated carbocycles. The Bertz CT molecular complexity index is 296. The molecule has 0 aromatic heterocycles. The molecule has 0 radical (unpaired) electrons. The molecule has 17 heavy (non-hydrogen) atoms. The molecule has 1 aliphatic heterocycles. The number of benzene rings is 1. The Kier molecular flexibility index (Phi) is 5.33. The molecule has 3 nitrogen and oxygen atoms in total. The van der Waals surface area contributed by atoms with Crippen molar-refractivity contribution in [2.24, 2.45) is 5.92 Å². The van der Waals surface area contributed by atoms with Crippen molar-refractivity contribution in [2.75, 3.05) is 32.9 Å². The van der Waals surface area contributed by atoms with Crippen LogP contribution in [0.1, 0.15) is 12.8 Å². The average Bonchev–Trinajstić information content (AvgIpc) is 2.41. The van der Waals surface area contributed by atoms with Crippen LogP contribution in [0.4, 0.5) is 0 Å². The third-order valence-electron chi connectivity index (χ3n) is 2.99. The minimum atomic E-state index is 0.629. The zero-order valence-electron chi connectivity index (χ0n) is 10.2. The van der Waals surface area contributed by atoms with Gasteiger partial charge in [0.2, 0.25) is 0 Å². The molecule has 0 bridgehead atoms. The van der Waals surface area contributed by atoms with Crippen LogP contribution >= 0.6 is 0 Å². The molecule has 1 fully saturated rings. The van der Waals surface area contributed by atoms with E-state index in [2.05, 4.69) is 5.32 Å². The molecule has 1 atom stereocenters. The minimum absolute atomic E-state index is 0.629. The highest BCUT2D eigenvalue weighted by Crippen LogP contribution is 2.10. The van der Waals surface area contributed by atoms with E-state index in [-0.39, 0.29) is 0 Å². The summed E-state index contributed by atoms with van der Waals surface area (Å²) in [6.07, 6.45) is 2.56. The summed E-state index contributed by atoms with van der Waals surface area (Å²) in [5.41, 5.74) is 0. The maximum Gasteiger partial charge on any atom is 0.119 e. The summed E-state index contributed by atoms with van der Waals surface area (Å²) >= 11 is 0. The summed E-state index contributed by atoms with van der Waals surface area (Å²) in [6.45, 7) is 4.41. The average molecular weight is 235 g/mol. The summed E-state index contributed by atoms with van der Waals surface area (Å²) in [4.78, 5) is 0. The second-order valence-electron chi connectivity index (χ2n) is 4.45. The van der Waals surface area contributed by atoms with Gasteiger partial charge in [0.25, 0.3) is 0 Å². The Hall–Kier alpha value is -1.06. The topological polar surface area (TPSA) is 30.5 Å². The van der Waals surface area contributed by atoms with Crippen molar-refractivity contribution in [1.82, 2.24) is 5.32 Å². The van der Waals surface area contributed by atoms with Crippen LogP contribution in [0.25, 0.3) is 0 Å². The second-order valence-corrected chi connectivity index (χ2v) is 4.45. The van der Waals surface area contributed by atoms with Crippen molar-refractivity contribution in [3.63, 3.8) is 0 Å². The number of piperidine rings is 1. The Labute approximate surface area is 103 Å². The smallest absolute Gasteiger partial charge is 0.119 e. The van der Waals surface area contributed by atoms with Crippen LogP contribution in [0.2, 0.25) is 0 Å². The van der Waals surface area contributed by atoms with E-state index in [4.69, 9.17) is 9.47 Å². The number of nitrogens with one attached hydrogen (secondary N) is 1. The van der Waals surface area contributed by atoms with E-state index in [1.54, 1.807) is 0 Å². The first-order chi connectivity index (χ1) is 8.45. The van der Waals surface area contributed by atoms with Gasteiger partial charge in [0.05, 0.1) is 13.2 Å². The van der Waals surface area contributed by atoms with Gasteiger partial charge >= 0.3 is 0 Å². The highest BCUT2D eigenvalue weighted by molar-refractivity contribution is 5.20. The maximum atomic E-state index is 5.63. The van der Waals surface area contributed by atoms with Gasteiger partial charge in [-0.3, -0.25) is 0 Å². The molecule has 1 aromatic carbocycles. The van der Waals surface area contributed by atoms with Crippen LogP contribution in [0.5, 0.6) is 5.75 Å². The number of hydrogen-bond acceptors (Lipinski definition) is 3. The van der Waals surface area contributed by atoms with Crippen LogP contribution in [-0.4, -0.2) is 32.9 Å². The third-order valence-corrected chi connectivity index (χ3v) is 2.99. The fourth-order valence-corrected chi connectivity index (χ4v) is 2.05. The first kappa shape index (κ1) is 12.4. The molecule has 3 heteroatoms. The van der Waals surface area contributed by atoms with E-state index < -0.39 is 0 Å². The number of rotatable bonds is 6. The van der Waals surface area contributed by atoms with Crippen LogP contribution in [0.15, 0.2) is 30.3 Å². The molecule has 1 saturated heterocycles. The summed E-state index contributed by atoms with van der Waals surface area (Å²) in [7, 11) is 0. The van der Waals surface area contributed by atoms with Crippen LogP contribution in [0, 0.1) is 5.92 Å². The van der Waals surface area contributed by atoms with Crippen molar-refractivity contribution in [1.29, 1.82) is 0 Å². The second kappa shape index (κ2) is 7.30. The van der Waals surface area contributed by atoms with Gasteiger partial charge in [-0.25, -0.2) is 0 Å². The zero-order valence-corrected chi connectivity index (χ0v) is 10.2. The Morgan fingerprint density at radius 1 is 1.18 bits per heavy atom. The van der Waals surface area contributed by atoms with E-state index in [9.17, 15) is 0 Å². The van der Waals surface area contributed by atoms with Crippen LogP contribution < -0.4 is 10.1 Å². The van der Waals surface area contributed by atoms with E-state index in [0.29, 0.717) is 19.1 Å². The van der Waals surface area contributed by atoms with Gasteiger partial charge in [-0.2, -0.15) is 0 Å². The van der Waals surface area contributed by atoms with Gasteiger partial charge in [0.1, 0.15) is 12.4 Å². The summed E-state index contributed by atoms with van der Waals surface area (Å²) in [6, 6.07) is 9.86. The van der Waals surface area contributed by atoms with Gasteiger partial charge < -0.3 is 14.8 Å². The molecule has 0 aliphatic carbocycles. The van der Waals surface area contributed by atoms with Crippen LogP contribution in [-0.2, 0) is 4.74 Å². The van der Waals surface area contributed by atoms with Gasteiger partial charge in [0, 0.05) is 6.54 Å². The molecular weight excluding hydrogens is 214 g/mol. The number of ether oxygens (including phenoxy) is 2. The molecule has 1 aliphatic rings. The largest absolute Gasteiger partial charge is 0.491 e. The maximum absolute atomic E-state index is 5.63. The van der Waals surface area contributed by atoms with Crippen molar-refractivity contribution >= 4 is 0 Å². The number of hydrogen-bond donors (Lipinski definition) is 1. The SMILES string of the molecule is c1ccc(OCCOCC2CCCNC2)cc1. The lowest BCUT2D eigenvalue weighted by molar-refractivity contribution is 0.0671. The molecule has 1 aromatic rings. The molecule has 2 rings (SSSR count). The fraction of sp³-hybridized carbons (Fsp3) is 0.571. The first-order valence-corrected chi connectivity index (χ1v) is 6.41. The number of para-hydroxylation sites is 1. The van der Waals surface area contributed by atoms with E-state index in [1.165, 1.54) is 12.8 Å². The van der Waals surface area contributed by atoms with E-state index >= 15 is 0 Å². The van der Waals surface area contributed by atoms with E-state index in [0.717, 1.165) is 25.4 Å². The van der Waals surface area contributed by atoms with E-state index in [1.807, 2.05) is 30.3 Å². The Balaban J connectivity index is 1.51. The summed E-state index contributed by atoms with van der Waals surface area (Å²) in [5.74, 6) is 1.59. The Morgan fingerprint density at radius 2 is 2.06 bits per heavy atom. The van der Waals surface area contributed by atoms with Crippen molar-refractivity contribution in [3.05, 3.63) is 30.3 Å². The van der Waals surface area contributed by atoms with Gasteiger partial charge in [-0.1, -0.05) is 18.2 Å². The predicted molar refractivity (Wildman–Crippen MR) is 68.3 cm³/mol. The first-order valence-electron chi connectivity index (χ1n) is 6.41. The van der Waals surface area contributed by atoms with Gasteiger partial charge in [-0.15, -0.1) is 0 Å². The summed E-state index contributed by atoms with van der Waals surface area (Å²) < 4.78 is 11.2. The minimum Gasteiger partial charge on any atom is -0.491 e. The molecule has 0 spiro atoms. The van der Waals surface area contributed by atoms with Crippen molar-refractivity contribution in [3.8, 4) is 5.75 Å². The lowest BCUT2D eigenvalue weighted by atomic mass is 10.0. The molecule has 1 unspecified atom stereocenters. The van der Waals surface area contributed by atoms with Crippen molar-refractivity contribution in [2.45, 2.75) is 12.8 Å². The Morgan fingerprint density at radius 3 is 2.82 bits per heavy atom. The highest BCUT2D eigenvalue weighted by Gasteiger charge is 2.12. The zero-order chi connectivity index (χ0) is 11.8. The molecule has 1 heterocycles. The summed E-state index contributed by atoms with van der Waals surface area (Å²) in [5, 5.41) is 3.39. The lowest BCUT2D eigenvalue weighted by Crippen LogP contribution is -2.32. The monoisotopic (exact) mass is 235 g/mol. The quantitative estimate of drug-likeness (QED) is 0.766. The molecular formula is C14H21NO2. The normalized spacial score (nSPS) is 20.1. The van der Waals surface area contributed by atoms with Crippen LogP contribution in [0.3, 0.4) is 0 Å².